The lowest BCUT2D eigenvalue weighted by molar-refractivity contribution is -0.146. The first kappa shape index (κ1) is 41.4. The SMILES string of the molecule is CCCCC(NC)C(=O)NC(Cc1cccc2ccccc12)C(=O)N(C)C(COC(C)(C)C)C(=O)NCC(=O)N(C)CC/C=C\CCOC. The van der Waals surface area contributed by atoms with Crippen molar-refractivity contribution in [1.29, 1.82) is 0 Å². The lowest BCUT2D eigenvalue weighted by Gasteiger charge is -2.33. The molecule has 0 aliphatic carbocycles. The Morgan fingerprint density at radius 2 is 1.63 bits per heavy atom. The van der Waals surface area contributed by atoms with E-state index in [2.05, 4.69) is 22.9 Å². The summed E-state index contributed by atoms with van der Waals surface area (Å²) in [5, 5.41) is 10.8. The largest absolute Gasteiger partial charge is 0.384 e. The molecule has 2 rings (SSSR count). The second-order valence-corrected chi connectivity index (χ2v) is 13.4. The molecule has 3 atom stereocenters. The van der Waals surface area contributed by atoms with Gasteiger partial charge in [0, 0.05) is 40.8 Å². The van der Waals surface area contributed by atoms with E-state index in [9.17, 15) is 19.2 Å². The third-order valence-electron chi connectivity index (χ3n) is 8.35. The van der Waals surface area contributed by atoms with Crippen LogP contribution in [0, 0.1) is 0 Å². The molecule has 0 spiro atoms. The standard InChI is InChI=1S/C38H59N5O6/c1-9-10-22-31(39-5)35(45)41-32(25-29-20-17-19-28-18-13-14-21-30(28)29)37(47)43(7)33(27-49-38(2,3)4)36(46)40-26-34(44)42(6)23-15-11-12-16-24-48-8/h11-14,17-21,31-33,39H,9-10,15-16,22-27H2,1-8H3,(H,40,46)(H,41,45)/b12-11-. The minimum Gasteiger partial charge on any atom is -0.384 e. The normalized spacial score (nSPS) is 13.6. The molecular formula is C38H59N5O6. The molecule has 272 valence electrons. The van der Waals surface area contributed by atoms with E-state index in [1.807, 2.05) is 75.4 Å². The second-order valence-electron chi connectivity index (χ2n) is 13.4. The Kier molecular flexibility index (Phi) is 18.0. The smallest absolute Gasteiger partial charge is 0.245 e. The Morgan fingerprint density at radius 1 is 0.939 bits per heavy atom. The summed E-state index contributed by atoms with van der Waals surface area (Å²) in [6.07, 6.45) is 8.12. The maximum atomic E-state index is 14.3. The molecule has 3 N–H and O–H groups in total. The number of nitrogens with one attached hydrogen (secondary N) is 3. The number of carbonyl (C=O) groups excluding carboxylic acids is 4. The molecule has 0 aromatic heterocycles. The number of unbranched alkanes of at least 4 members (excludes halogenated alkanes) is 1. The third-order valence-corrected chi connectivity index (χ3v) is 8.35. The predicted octanol–water partition coefficient (Wildman–Crippen LogP) is 3.84. The van der Waals surface area contributed by atoms with Crippen LogP contribution in [-0.4, -0.2) is 112 Å². The molecule has 0 fully saturated rings. The number of ether oxygens (including phenoxy) is 2. The molecule has 0 saturated heterocycles. The average molecular weight is 682 g/mol. The summed E-state index contributed by atoms with van der Waals surface area (Å²) in [4.78, 5) is 57.3. The summed E-state index contributed by atoms with van der Waals surface area (Å²) in [6, 6.07) is 11.3. The van der Waals surface area contributed by atoms with Gasteiger partial charge in [0.2, 0.25) is 23.6 Å². The van der Waals surface area contributed by atoms with Crippen molar-refractivity contribution >= 4 is 34.4 Å². The van der Waals surface area contributed by atoms with Crippen molar-refractivity contribution in [2.45, 2.75) is 89.9 Å². The number of likely N-dealkylation sites (N-methyl/N-ethyl adjacent to an activating group) is 3. The number of amides is 4. The molecule has 49 heavy (non-hydrogen) atoms. The topological polar surface area (TPSA) is 129 Å². The van der Waals surface area contributed by atoms with Gasteiger partial charge in [-0.3, -0.25) is 19.2 Å². The highest BCUT2D eigenvalue weighted by atomic mass is 16.5. The monoisotopic (exact) mass is 681 g/mol. The number of rotatable bonds is 21. The molecule has 0 heterocycles. The van der Waals surface area contributed by atoms with Gasteiger partial charge in [0.15, 0.2) is 0 Å². The first-order valence-corrected chi connectivity index (χ1v) is 17.3. The van der Waals surface area contributed by atoms with E-state index in [4.69, 9.17) is 9.47 Å². The fourth-order valence-electron chi connectivity index (χ4n) is 5.30. The van der Waals surface area contributed by atoms with Gasteiger partial charge in [0.05, 0.1) is 24.8 Å². The van der Waals surface area contributed by atoms with E-state index in [1.54, 1.807) is 26.1 Å². The lowest BCUT2D eigenvalue weighted by Crippen LogP contribution is -2.58. The maximum absolute atomic E-state index is 14.3. The van der Waals surface area contributed by atoms with Gasteiger partial charge >= 0.3 is 0 Å². The molecule has 11 nitrogen and oxygen atoms in total. The molecule has 0 radical (unpaired) electrons. The molecule has 0 saturated carbocycles. The summed E-state index contributed by atoms with van der Waals surface area (Å²) < 4.78 is 11.0. The summed E-state index contributed by atoms with van der Waals surface area (Å²) >= 11 is 0. The van der Waals surface area contributed by atoms with Crippen molar-refractivity contribution < 1.29 is 28.7 Å². The first-order chi connectivity index (χ1) is 23.3. The van der Waals surface area contributed by atoms with Gasteiger partial charge in [-0.15, -0.1) is 0 Å². The van der Waals surface area contributed by atoms with Crippen LogP contribution < -0.4 is 16.0 Å². The van der Waals surface area contributed by atoms with Gasteiger partial charge in [-0.1, -0.05) is 74.4 Å². The molecule has 2 aromatic rings. The zero-order valence-electron chi connectivity index (χ0n) is 30.8. The van der Waals surface area contributed by atoms with Crippen molar-refractivity contribution in [3.05, 3.63) is 60.2 Å². The highest BCUT2D eigenvalue weighted by molar-refractivity contribution is 5.95. The van der Waals surface area contributed by atoms with Crippen LogP contribution in [0.5, 0.6) is 0 Å². The predicted molar refractivity (Wildman–Crippen MR) is 195 cm³/mol. The summed E-state index contributed by atoms with van der Waals surface area (Å²) in [6.45, 7) is 8.46. The molecule has 11 heteroatoms. The van der Waals surface area contributed by atoms with Crippen molar-refractivity contribution in [3.63, 3.8) is 0 Å². The molecule has 0 bridgehead atoms. The Bertz CT molecular complexity index is 1370. The van der Waals surface area contributed by atoms with E-state index in [0.717, 1.165) is 35.6 Å². The summed E-state index contributed by atoms with van der Waals surface area (Å²) in [5.74, 6) is -1.49. The van der Waals surface area contributed by atoms with Crippen LogP contribution in [0.2, 0.25) is 0 Å². The average Bonchev–Trinajstić information content (AvgIpc) is 3.07. The minimum atomic E-state index is -1.05. The van der Waals surface area contributed by atoms with Crippen molar-refractivity contribution in [2.24, 2.45) is 0 Å². The van der Waals surface area contributed by atoms with Gasteiger partial charge in [-0.25, -0.2) is 0 Å². The van der Waals surface area contributed by atoms with Crippen LogP contribution in [0.1, 0.15) is 65.4 Å². The third kappa shape index (κ3) is 14.3. The molecular weight excluding hydrogens is 622 g/mol. The van der Waals surface area contributed by atoms with Gasteiger partial charge in [-0.05, 0) is 63.4 Å². The number of hydrogen-bond donors (Lipinski definition) is 3. The number of carbonyl (C=O) groups is 4. The lowest BCUT2D eigenvalue weighted by atomic mass is 9.97. The summed E-state index contributed by atoms with van der Waals surface area (Å²) in [7, 11) is 6.61. The second kappa shape index (κ2) is 21.3. The number of nitrogens with zero attached hydrogens (tertiary/aromatic N) is 2. The van der Waals surface area contributed by atoms with Gasteiger partial charge in [0.25, 0.3) is 0 Å². The van der Waals surface area contributed by atoms with Crippen molar-refractivity contribution in [1.82, 2.24) is 25.8 Å². The van der Waals surface area contributed by atoms with E-state index < -0.39 is 35.5 Å². The fourth-order valence-corrected chi connectivity index (χ4v) is 5.30. The van der Waals surface area contributed by atoms with Crippen LogP contribution in [0.15, 0.2) is 54.6 Å². The van der Waals surface area contributed by atoms with Gasteiger partial charge < -0.3 is 35.2 Å². The zero-order valence-corrected chi connectivity index (χ0v) is 30.8. The number of methoxy groups -OCH3 is 1. The highest BCUT2D eigenvalue weighted by Crippen LogP contribution is 2.21. The van der Waals surface area contributed by atoms with E-state index in [-0.39, 0.29) is 31.4 Å². The van der Waals surface area contributed by atoms with E-state index in [1.165, 1.54) is 11.9 Å². The Labute approximate surface area is 293 Å². The minimum absolute atomic E-state index is 0.0988. The Morgan fingerprint density at radius 3 is 2.31 bits per heavy atom. The first-order valence-electron chi connectivity index (χ1n) is 17.3. The van der Waals surface area contributed by atoms with Gasteiger partial charge in [-0.2, -0.15) is 0 Å². The number of benzene rings is 2. The van der Waals surface area contributed by atoms with Gasteiger partial charge in [0.1, 0.15) is 12.1 Å². The summed E-state index contributed by atoms with van der Waals surface area (Å²) in [5.41, 5.74) is 0.305. The van der Waals surface area contributed by atoms with Crippen LogP contribution in [0.25, 0.3) is 10.8 Å². The fraction of sp³-hybridized carbons (Fsp3) is 0.579. The van der Waals surface area contributed by atoms with Crippen LogP contribution in [0.3, 0.4) is 0 Å². The molecule has 2 aromatic carbocycles. The van der Waals surface area contributed by atoms with Crippen LogP contribution in [-0.2, 0) is 35.1 Å². The van der Waals surface area contributed by atoms with Crippen LogP contribution >= 0.6 is 0 Å². The zero-order chi connectivity index (χ0) is 36.4. The highest BCUT2D eigenvalue weighted by Gasteiger charge is 2.35. The van der Waals surface area contributed by atoms with E-state index >= 15 is 0 Å². The van der Waals surface area contributed by atoms with Crippen molar-refractivity contribution in [3.8, 4) is 0 Å². The molecule has 0 aliphatic heterocycles. The van der Waals surface area contributed by atoms with E-state index in [0.29, 0.717) is 26.0 Å². The number of fused-ring (bicyclic) bond motifs is 1. The van der Waals surface area contributed by atoms with Crippen molar-refractivity contribution in [2.75, 3.05) is 54.6 Å². The van der Waals surface area contributed by atoms with Crippen LogP contribution in [0.4, 0.5) is 0 Å². The quantitative estimate of drug-likeness (QED) is 0.135. The Hall–Kier alpha value is -3.80. The number of hydrogen-bond acceptors (Lipinski definition) is 7. The molecule has 0 aliphatic rings. The molecule has 3 unspecified atom stereocenters. The maximum Gasteiger partial charge on any atom is 0.245 e. The Balaban J connectivity index is 2.30. The molecule has 4 amide bonds.